The highest BCUT2D eigenvalue weighted by Gasteiger charge is 2.57. The third kappa shape index (κ3) is 1.85. The largest absolute Gasteiger partial charge is 0.300 e. The van der Waals surface area contributed by atoms with E-state index >= 15 is 0 Å². The number of carbonyl (C=O) groups excluding carboxylic acids is 1. The van der Waals surface area contributed by atoms with Crippen molar-refractivity contribution in [2.75, 3.05) is 0 Å². The van der Waals surface area contributed by atoms with Crippen molar-refractivity contribution in [3.05, 3.63) is 0 Å². The molecule has 116 valence electrons. The van der Waals surface area contributed by atoms with E-state index < -0.39 is 0 Å². The van der Waals surface area contributed by atoms with Gasteiger partial charge in [-0.3, -0.25) is 4.79 Å². The quantitative estimate of drug-likeness (QED) is 0.683. The number of carbonyl (C=O) groups is 1. The van der Waals surface area contributed by atoms with Crippen LogP contribution in [0.15, 0.2) is 0 Å². The van der Waals surface area contributed by atoms with Gasteiger partial charge in [0.05, 0.1) is 0 Å². The third-order valence-electron chi connectivity index (χ3n) is 8.66. The van der Waals surface area contributed by atoms with E-state index in [0.717, 1.165) is 47.3 Å². The summed E-state index contributed by atoms with van der Waals surface area (Å²) in [5.41, 5.74) is 0. The van der Waals surface area contributed by atoms with E-state index in [2.05, 4.69) is 0 Å². The molecule has 0 aromatic heterocycles. The first-order chi connectivity index (χ1) is 10.2. The molecule has 0 bridgehead atoms. The van der Waals surface area contributed by atoms with Crippen molar-refractivity contribution in [1.82, 2.24) is 0 Å². The maximum absolute atomic E-state index is 11.9. The lowest BCUT2D eigenvalue weighted by Crippen LogP contribution is -2.45. The Morgan fingerprint density at radius 3 is 1.76 bits per heavy atom. The zero-order valence-corrected chi connectivity index (χ0v) is 13.5. The minimum absolute atomic E-state index is 0.438. The van der Waals surface area contributed by atoms with Gasteiger partial charge in [0, 0.05) is 5.92 Å². The normalized spacial score (nSPS) is 57.7. The Morgan fingerprint density at radius 1 is 0.619 bits per heavy atom. The van der Waals surface area contributed by atoms with Gasteiger partial charge in [-0.2, -0.15) is 0 Å². The molecule has 0 N–H and O–H groups in total. The van der Waals surface area contributed by atoms with Crippen LogP contribution in [-0.2, 0) is 4.79 Å². The number of rotatable bonds is 1. The second-order valence-electron chi connectivity index (χ2n) is 9.17. The Bertz CT molecular complexity index is 455. The molecule has 5 aliphatic carbocycles. The lowest BCUT2D eigenvalue weighted by atomic mass is 9.53. The van der Waals surface area contributed by atoms with E-state index in [-0.39, 0.29) is 0 Å². The minimum Gasteiger partial charge on any atom is -0.300 e. The standard InChI is InChI=1S/C20H30O/c1-11(21)13-4-5-16-14(13)6-7-17-15-3-2-12-10-20(12)19(15)9-8-18(16)17/h12-20H,2-10H2,1H3/t12-,13-,14-,15-,16?,17?,18+,19?,20?/m1/s1. The van der Waals surface area contributed by atoms with Gasteiger partial charge in [-0.1, -0.05) is 0 Å². The predicted octanol–water partition coefficient (Wildman–Crippen LogP) is 4.70. The number of fused-ring (bicyclic) bond motifs is 7. The zero-order chi connectivity index (χ0) is 14.1. The molecule has 0 spiro atoms. The molecule has 5 saturated carbocycles. The van der Waals surface area contributed by atoms with E-state index in [1.807, 2.05) is 6.92 Å². The third-order valence-corrected chi connectivity index (χ3v) is 8.66. The van der Waals surface area contributed by atoms with Crippen LogP contribution in [0.25, 0.3) is 0 Å². The van der Waals surface area contributed by atoms with Crippen molar-refractivity contribution in [2.45, 2.75) is 64.7 Å². The van der Waals surface area contributed by atoms with Crippen molar-refractivity contribution in [1.29, 1.82) is 0 Å². The van der Waals surface area contributed by atoms with Crippen LogP contribution in [0.3, 0.4) is 0 Å². The maximum Gasteiger partial charge on any atom is 0.133 e. The highest BCUT2D eigenvalue weighted by Crippen LogP contribution is 2.65. The summed E-state index contributed by atoms with van der Waals surface area (Å²) in [6, 6.07) is 0. The SMILES string of the molecule is CC(=O)[C@H]1CCC2[C@@H]3CCC4C5C[C@H]5CC[C@@H]4C3CC[C@@H]21. The van der Waals surface area contributed by atoms with Gasteiger partial charge >= 0.3 is 0 Å². The average Bonchev–Trinajstić information content (AvgIpc) is 3.16. The second kappa shape index (κ2) is 4.59. The molecule has 0 radical (unpaired) electrons. The second-order valence-corrected chi connectivity index (χ2v) is 9.17. The van der Waals surface area contributed by atoms with Crippen LogP contribution in [0.4, 0.5) is 0 Å². The van der Waals surface area contributed by atoms with Gasteiger partial charge < -0.3 is 0 Å². The van der Waals surface area contributed by atoms with Crippen LogP contribution >= 0.6 is 0 Å². The molecule has 0 aliphatic heterocycles. The summed E-state index contributed by atoms with van der Waals surface area (Å²) in [6.07, 6.45) is 13.2. The Labute approximate surface area is 129 Å². The topological polar surface area (TPSA) is 17.1 Å². The summed E-state index contributed by atoms with van der Waals surface area (Å²) in [4.78, 5) is 11.9. The van der Waals surface area contributed by atoms with E-state index in [1.165, 1.54) is 32.1 Å². The molecule has 4 unspecified atom stereocenters. The molecule has 0 heterocycles. The van der Waals surface area contributed by atoms with Gasteiger partial charge in [-0.25, -0.2) is 0 Å². The van der Waals surface area contributed by atoms with E-state index in [4.69, 9.17) is 0 Å². The predicted molar refractivity (Wildman–Crippen MR) is 83.6 cm³/mol. The average molecular weight is 286 g/mol. The Hall–Kier alpha value is -0.330. The van der Waals surface area contributed by atoms with Crippen LogP contribution in [0.5, 0.6) is 0 Å². The smallest absolute Gasteiger partial charge is 0.133 e. The first-order valence-corrected chi connectivity index (χ1v) is 9.74. The first-order valence-electron chi connectivity index (χ1n) is 9.74. The molecule has 0 aromatic carbocycles. The summed E-state index contributed by atoms with van der Waals surface area (Å²) >= 11 is 0. The summed E-state index contributed by atoms with van der Waals surface area (Å²) in [5, 5.41) is 0. The van der Waals surface area contributed by atoms with Crippen molar-refractivity contribution in [3.63, 3.8) is 0 Å². The molecule has 0 saturated heterocycles. The molecule has 0 aromatic rings. The van der Waals surface area contributed by atoms with Crippen LogP contribution < -0.4 is 0 Å². The molecule has 1 nitrogen and oxygen atoms in total. The Morgan fingerprint density at radius 2 is 1.10 bits per heavy atom. The van der Waals surface area contributed by atoms with Crippen molar-refractivity contribution in [2.24, 2.45) is 53.3 Å². The molecule has 0 amide bonds. The maximum atomic E-state index is 11.9. The lowest BCUT2D eigenvalue weighted by molar-refractivity contribution is -0.123. The summed E-state index contributed by atoms with van der Waals surface area (Å²) in [7, 11) is 0. The van der Waals surface area contributed by atoms with Crippen LogP contribution in [0.2, 0.25) is 0 Å². The Kier molecular flexibility index (Phi) is 2.87. The van der Waals surface area contributed by atoms with Crippen LogP contribution in [0.1, 0.15) is 64.7 Å². The van der Waals surface area contributed by atoms with Crippen molar-refractivity contribution in [3.8, 4) is 0 Å². The number of hydrogen-bond donors (Lipinski definition) is 0. The zero-order valence-electron chi connectivity index (χ0n) is 13.5. The molecule has 9 atom stereocenters. The molecular weight excluding hydrogens is 256 g/mol. The number of ketones is 1. The fourth-order valence-electron chi connectivity index (χ4n) is 7.84. The van der Waals surface area contributed by atoms with Gasteiger partial charge in [-0.05, 0) is 112 Å². The molecule has 5 aliphatic rings. The monoisotopic (exact) mass is 286 g/mol. The van der Waals surface area contributed by atoms with Gasteiger partial charge in [0.15, 0.2) is 0 Å². The van der Waals surface area contributed by atoms with Gasteiger partial charge in [0.1, 0.15) is 5.78 Å². The molecule has 5 rings (SSSR count). The Balaban J connectivity index is 1.38. The van der Waals surface area contributed by atoms with Gasteiger partial charge in [0.2, 0.25) is 0 Å². The summed E-state index contributed by atoms with van der Waals surface area (Å²) in [6.45, 7) is 1.85. The highest BCUT2D eigenvalue weighted by molar-refractivity contribution is 5.79. The number of hydrogen-bond acceptors (Lipinski definition) is 1. The van der Waals surface area contributed by atoms with Gasteiger partial charge in [-0.15, -0.1) is 0 Å². The lowest BCUT2D eigenvalue weighted by Gasteiger charge is -2.52. The van der Waals surface area contributed by atoms with Crippen molar-refractivity contribution >= 4 is 5.78 Å². The van der Waals surface area contributed by atoms with E-state index in [9.17, 15) is 4.79 Å². The van der Waals surface area contributed by atoms with Crippen LogP contribution in [-0.4, -0.2) is 5.78 Å². The minimum atomic E-state index is 0.438. The molecule has 21 heavy (non-hydrogen) atoms. The number of Topliss-reactive ketones (excluding diaryl/α,β-unsaturated/α-hetero) is 1. The molecular formula is C20H30O. The first kappa shape index (κ1) is 13.1. The summed E-state index contributed by atoms with van der Waals surface area (Å²) in [5.74, 6) is 9.19. The highest BCUT2D eigenvalue weighted by atomic mass is 16.1. The molecule has 5 fully saturated rings. The van der Waals surface area contributed by atoms with Crippen LogP contribution in [0, 0.1) is 53.3 Å². The van der Waals surface area contributed by atoms with E-state index in [0.29, 0.717) is 11.7 Å². The van der Waals surface area contributed by atoms with Crippen molar-refractivity contribution < 1.29 is 4.79 Å². The molecule has 1 heteroatoms. The fourth-order valence-corrected chi connectivity index (χ4v) is 7.84. The van der Waals surface area contributed by atoms with Gasteiger partial charge in [0.25, 0.3) is 0 Å². The van der Waals surface area contributed by atoms with E-state index in [1.54, 1.807) is 25.7 Å². The summed E-state index contributed by atoms with van der Waals surface area (Å²) < 4.78 is 0. The fraction of sp³-hybridized carbons (Fsp3) is 0.950.